The first-order chi connectivity index (χ1) is 9.52. The third kappa shape index (κ3) is 2.45. The molecule has 0 heterocycles. The number of hydroxylamine groups is 1. The van der Waals surface area contributed by atoms with Gasteiger partial charge >= 0.3 is 0 Å². The van der Waals surface area contributed by atoms with Crippen LogP contribution in [-0.2, 0) is 0 Å². The number of primary amides is 1. The van der Waals surface area contributed by atoms with Crippen molar-refractivity contribution >= 4 is 17.5 Å². The molecule has 6 nitrogen and oxygen atoms in total. The monoisotopic (exact) mass is 272 g/mol. The van der Waals surface area contributed by atoms with Gasteiger partial charge in [-0.25, -0.2) is 0 Å². The van der Waals surface area contributed by atoms with Gasteiger partial charge < -0.3 is 10.8 Å². The van der Waals surface area contributed by atoms with Crippen molar-refractivity contribution in [1.82, 2.24) is 0 Å². The summed E-state index contributed by atoms with van der Waals surface area (Å²) in [6, 6.07) is 11.6. The second-order valence-corrected chi connectivity index (χ2v) is 4.02. The molecule has 102 valence electrons. The predicted molar refractivity (Wildman–Crippen MR) is 71.7 cm³/mol. The van der Waals surface area contributed by atoms with Crippen LogP contribution < -0.4 is 10.8 Å². The van der Waals surface area contributed by atoms with E-state index in [1.807, 2.05) is 0 Å². The summed E-state index contributed by atoms with van der Waals surface area (Å²) in [7, 11) is 0. The van der Waals surface area contributed by atoms with Gasteiger partial charge in [-0.2, -0.15) is 5.06 Å². The third-order valence-electron chi connectivity index (χ3n) is 2.73. The summed E-state index contributed by atoms with van der Waals surface area (Å²) in [6.45, 7) is 0. The van der Waals surface area contributed by atoms with Crippen molar-refractivity contribution < 1.29 is 19.9 Å². The number of phenolic OH excluding ortho intramolecular Hbond substituents is 1. The Hall–Kier alpha value is -2.86. The Kier molecular flexibility index (Phi) is 3.67. The van der Waals surface area contributed by atoms with Crippen LogP contribution in [0, 0.1) is 0 Å². The van der Waals surface area contributed by atoms with Crippen molar-refractivity contribution in [2.45, 2.75) is 0 Å². The highest BCUT2D eigenvalue weighted by molar-refractivity contribution is 6.12. The highest BCUT2D eigenvalue weighted by Crippen LogP contribution is 2.26. The van der Waals surface area contributed by atoms with Gasteiger partial charge in [0.1, 0.15) is 11.4 Å². The van der Waals surface area contributed by atoms with Crippen molar-refractivity contribution in [3.05, 3.63) is 59.7 Å². The molecule has 2 amide bonds. The first kappa shape index (κ1) is 13.6. The molecular weight excluding hydrogens is 260 g/mol. The zero-order valence-corrected chi connectivity index (χ0v) is 10.4. The number of anilines is 1. The van der Waals surface area contributed by atoms with Crippen LogP contribution >= 0.6 is 0 Å². The largest absolute Gasteiger partial charge is 0.506 e. The number of nitrogens with zero attached hydrogens (tertiary/aromatic N) is 1. The number of phenols is 1. The lowest BCUT2D eigenvalue weighted by Gasteiger charge is -2.17. The summed E-state index contributed by atoms with van der Waals surface area (Å²) in [4.78, 5) is 23.5. The summed E-state index contributed by atoms with van der Waals surface area (Å²) in [5.41, 5.74) is 5.04. The van der Waals surface area contributed by atoms with Gasteiger partial charge in [0.25, 0.3) is 5.91 Å². The summed E-state index contributed by atoms with van der Waals surface area (Å²) in [5.74, 6) is -1.90. The second-order valence-electron chi connectivity index (χ2n) is 4.02. The number of amides is 2. The molecule has 0 bridgehead atoms. The molecule has 0 radical (unpaired) electrons. The maximum absolute atomic E-state index is 12.2. The minimum Gasteiger partial charge on any atom is -0.506 e. The summed E-state index contributed by atoms with van der Waals surface area (Å²) < 4.78 is 0. The molecular formula is C14H12N2O4. The Balaban J connectivity index is 2.42. The quantitative estimate of drug-likeness (QED) is 0.582. The van der Waals surface area contributed by atoms with Crippen molar-refractivity contribution in [2.24, 2.45) is 5.73 Å². The normalized spacial score (nSPS) is 10.1. The molecule has 2 aromatic rings. The lowest BCUT2D eigenvalue weighted by atomic mass is 10.1. The van der Waals surface area contributed by atoms with Crippen LogP contribution in [-0.4, -0.2) is 22.1 Å². The molecule has 0 saturated carbocycles. The van der Waals surface area contributed by atoms with Gasteiger partial charge in [-0.15, -0.1) is 0 Å². The van der Waals surface area contributed by atoms with E-state index in [1.54, 1.807) is 24.3 Å². The van der Waals surface area contributed by atoms with E-state index >= 15 is 0 Å². The number of hydrogen-bond acceptors (Lipinski definition) is 4. The Morgan fingerprint density at radius 3 is 2.10 bits per heavy atom. The SMILES string of the molecule is NC(=O)c1ccccc1C(=O)N(O)c1ccccc1O. The van der Waals surface area contributed by atoms with Crippen molar-refractivity contribution in [2.75, 3.05) is 5.06 Å². The van der Waals surface area contributed by atoms with E-state index in [2.05, 4.69) is 0 Å². The van der Waals surface area contributed by atoms with Gasteiger partial charge in [0.05, 0.1) is 11.1 Å². The van der Waals surface area contributed by atoms with Crippen LogP contribution in [0.3, 0.4) is 0 Å². The number of nitrogens with two attached hydrogens (primary N) is 1. The lowest BCUT2D eigenvalue weighted by molar-refractivity contribution is 0.0845. The molecule has 2 rings (SSSR count). The van der Waals surface area contributed by atoms with Gasteiger partial charge in [0.2, 0.25) is 5.91 Å². The minimum absolute atomic E-state index is 0.00743. The Morgan fingerprint density at radius 2 is 1.50 bits per heavy atom. The smallest absolute Gasteiger partial charge is 0.282 e. The Labute approximate surface area is 114 Å². The van der Waals surface area contributed by atoms with Gasteiger partial charge in [-0.3, -0.25) is 14.8 Å². The van der Waals surface area contributed by atoms with E-state index in [1.165, 1.54) is 24.3 Å². The maximum Gasteiger partial charge on any atom is 0.282 e. The molecule has 0 aliphatic carbocycles. The van der Waals surface area contributed by atoms with Crippen LogP contribution in [0.2, 0.25) is 0 Å². The fourth-order valence-corrected chi connectivity index (χ4v) is 1.75. The molecule has 0 aliphatic rings. The summed E-state index contributed by atoms with van der Waals surface area (Å²) >= 11 is 0. The predicted octanol–water partition coefficient (Wildman–Crippen LogP) is 1.53. The van der Waals surface area contributed by atoms with E-state index in [0.29, 0.717) is 0 Å². The average Bonchev–Trinajstić information content (AvgIpc) is 2.46. The van der Waals surface area contributed by atoms with Gasteiger partial charge in [-0.1, -0.05) is 24.3 Å². The lowest BCUT2D eigenvalue weighted by Crippen LogP contribution is -2.29. The Bertz CT molecular complexity index is 670. The molecule has 0 fully saturated rings. The molecule has 6 heteroatoms. The van der Waals surface area contributed by atoms with Crippen LogP contribution in [0.25, 0.3) is 0 Å². The number of carbonyl (C=O) groups excluding carboxylic acids is 2. The van der Waals surface area contributed by atoms with Crippen molar-refractivity contribution in [3.63, 3.8) is 0 Å². The molecule has 0 saturated heterocycles. The van der Waals surface area contributed by atoms with Crippen LogP contribution in [0.4, 0.5) is 5.69 Å². The number of carbonyl (C=O) groups is 2. The van der Waals surface area contributed by atoms with E-state index in [9.17, 15) is 19.9 Å². The average molecular weight is 272 g/mol. The number of para-hydroxylation sites is 2. The van der Waals surface area contributed by atoms with Crippen molar-refractivity contribution in [1.29, 1.82) is 0 Å². The molecule has 2 aromatic carbocycles. The van der Waals surface area contributed by atoms with Gasteiger partial charge in [0.15, 0.2) is 0 Å². The van der Waals surface area contributed by atoms with Gasteiger partial charge in [-0.05, 0) is 24.3 Å². The fourth-order valence-electron chi connectivity index (χ4n) is 1.75. The third-order valence-corrected chi connectivity index (χ3v) is 2.73. The van der Waals surface area contributed by atoms with Crippen LogP contribution in [0.1, 0.15) is 20.7 Å². The first-order valence-corrected chi connectivity index (χ1v) is 5.72. The highest BCUT2D eigenvalue weighted by Gasteiger charge is 2.22. The number of hydrogen-bond donors (Lipinski definition) is 3. The molecule has 4 N–H and O–H groups in total. The second kappa shape index (κ2) is 5.41. The zero-order chi connectivity index (χ0) is 14.7. The van der Waals surface area contributed by atoms with E-state index < -0.39 is 11.8 Å². The van der Waals surface area contributed by atoms with E-state index in [-0.39, 0.29) is 27.6 Å². The summed E-state index contributed by atoms with van der Waals surface area (Å²) in [6.07, 6.45) is 0. The van der Waals surface area contributed by atoms with Crippen LogP contribution in [0.15, 0.2) is 48.5 Å². The fraction of sp³-hybridized carbons (Fsp3) is 0. The van der Waals surface area contributed by atoms with E-state index in [0.717, 1.165) is 0 Å². The Morgan fingerprint density at radius 1 is 0.950 bits per heavy atom. The molecule has 0 spiro atoms. The number of rotatable bonds is 3. The number of aromatic hydroxyl groups is 1. The molecule has 0 aromatic heterocycles. The standard InChI is InChI=1S/C14H12N2O4/c15-13(18)9-5-1-2-6-10(9)14(19)16(20)11-7-3-4-8-12(11)17/h1-8,17,20H,(H2,15,18). The number of benzene rings is 2. The van der Waals surface area contributed by atoms with Crippen molar-refractivity contribution in [3.8, 4) is 5.75 Å². The molecule has 20 heavy (non-hydrogen) atoms. The zero-order valence-electron chi connectivity index (χ0n) is 10.4. The van der Waals surface area contributed by atoms with Crippen LogP contribution in [0.5, 0.6) is 5.75 Å². The van der Waals surface area contributed by atoms with E-state index in [4.69, 9.17) is 5.73 Å². The molecule has 0 atom stereocenters. The minimum atomic E-state index is -0.860. The first-order valence-electron chi connectivity index (χ1n) is 5.72. The topological polar surface area (TPSA) is 104 Å². The molecule has 0 unspecified atom stereocenters. The maximum atomic E-state index is 12.2. The highest BCUT2D eigenvalue weighted by atomic mass is 16.5. The summed E-state index contributed by atoms with van der Waals surface area (Å²) in [5, 5.41) is 19.8. The van der Waals surface area contributed by atoms with Gasteiger partial charge in [0, 0.05) is 0 Å². The molecule has 0 aliphatic heterocycles.